The third-order valence-corrected chi connectivity index (χ3v) is 5.47. The zero-order chi connectivity index (χ0) is 10.0. The third kappa shape index (κ3) is 3.00. The standard InChI is InChI=1S/C7H7Br3O2S/c8-2-4(11)6(12)5-1-3(9)7(10)13-5/h1,4,6,11-12H,2H2. The smallest absolute Gasteiger partial charge is 0.115 e. The Morgan fingerprint density at radius 1 is 1.38 bits per heavy atom. The van der Waals surface area contributed by atoms with E-state index in [4.69, 9.17) is 0 Å². The van der Waals surface area contributed by atoms with Gasteiger partial charge in [-0.2, -0.15) is 0 Å². The van der Waals surface area contributed by atoms with Crippen LogP contribution >= 0.6 is 59.1 Å². The molecule has 0 aromatic carbocycles. The normalized spacial score (nSPS) is 15.8. The van der Waals surface area contributed by atoms with Crippen LogP contribution in [0.4, 0.5) is 0 Å². The first-order valence-electron chi connectivity index (χ1n) is 3.43. The van der Waals surface area contributed by atoms with E-state index >= 15 is 0 Å². The average molecular weight is 395 g/mol. The van der Waals surface area contributed by atoms with E-state index in [1.165, 1.54) is 11.3 Å². The SMILES string of the molecule is OC(CBr)C(O)c1cc(Br)c(Br)s1. The summed E-state index contributed by atoms with van der Waals surface area (Å²) in [5, 5.41) is 19.3. The Hall–Kier alpha value is 1.06. The van der Waals surface area contributed by atoms with Crippen LogP contribution in [0.5, 0.6) is 0 Å². The topological polar surface area (TPSA) is 40.5 Å². The highest BCUT2D eigenvalue weighted by Gasteiger charge is 2.20. The van der Waals surface area contributed by atoms with Crippen LogP contribution in [0.3, 0.4) is 0 Å². The van der Waals surface area contributed by atoms with Gasteiger partial charge in [-0.25, -0.2) is 0 Å². The van der Waals surface area contributed by atoms with E-state index in [9.17, 15) is 10.2 Å². The molecule has 0 amide bonds. The Bertz CT molecular complexity index is 270. The quantitative estimate of drug-likeness (QED) is 0.773. The summed E-state index contributed by atoms with van der Waals surface area (Å²) in [6.07, 6.45) is -1.59. The highest BCUT2D eigenvalue weighted by molar-refractivity contribution is 9.13. The van der Waals surface area contributed by atoms with Gasteiger partial charge in [0.25, 0.3) is 0 Å². The van der Waals surface area contributed by atoms with Gasteiger partial charge in [0, 0.05) is 14.7 Å². The maximum absolute atomic E-state index is 9.62. The fraction of sp³-hybridized carbons (Fsp3) is 0.429. The highest BCUT2D eigenvalue weighted by Crippen LogP contribution is 2.36. The van der Waals surface area contributed by atoms with Gasteiger partial charge < -0.3 is 10.2 Å². The summed E-state index contributed by atoms with van der Waals surface area (Å²) in [6, 6.07) is 1.80. The van der Waals surface area contributed by atoms with E-state index in [1.54, 1.807) is 6.07 Å². The van der Waals surface area contributed by atoms with Crippen molar-refractivity contribution < 1.29 is 10.2 Å². The molecule has 2 N–H and O–H groups in total. The summed E-state index contributed by atoms with van der Waals surface area (Å²) in [6.45, 7) is 0. The van der Waals surface area contributed by atoms with Crippen LogP contribution in [0.25, 0.3) is 0 Å². The Labute approximate surface area is 105 Å². The summed E-state index contributed by atoms with van der Waals surface area (Å²) in [5.74, 6) is 0. The maximum Gasteiger partial charge on any atom is 0.115 e. The van der Waals surface area contributed by atoms with E-state index in [-0.39, 0.29) is 0 Å². The first-order valence-corrected chi connectivity index (χ1v) is 6.95. The minimum Gasteiger partial charge on any atom is -0.389 e. The van der Waals surface area contributed by atoms with Gasteiger partial charge in [0.1, 0.15) is 6.10 Å². The van der Waals surface area contributed by atoms with E-state index < -0.39 is 12.2 Å². The lowest BCUT2D eigenvalue weighted by molar-refractivity contribution is 0.0365. The van der Waals surface area contributed by atoms with Gasteiger partial charge in [0.15, 0.2) is 0 Å². The molecule has 0 aliphatic carbocycles. The van der Waals surface area contributed by atoms with E-state index in [2.05, 4.69) is 47.8 Å². The summed E-state index contributed by atoms with van der Waals surface area (Å²) in [7, 11) is 0. The van der Waals surface area contributed by atoms with Gasteiger partial charge >= 0.3 is 0 Å². The lowest BCUT2D eigenvalue weighted by Crippen LogP contribution is -2.18. The molecular weight excluding hydrogens is 388 g/mol. The van der Waals surface area contributed by atoms with Crippen molar-refractivity contribution in [1.82, 2.24) is 0 Å². The fourth-order valence-corrected chi connectivity index (χ4v) is 3.27. The average Bonchev–Trinajstić information content (AvgIpc) is 2.44. The monoisotopic (exact) mass is 392 g/mol. The number of alkyl halides is 1. The molecule has 6 heteroatoms. The Morgan fingerprint density at radius 3 is 2.38 bits per heavy atom. The number of hydrogen-bond donors (Lipinski definition) is 2. The summed E-state index contributed by atoms with van der Waals surface area (Å²) < 4.78 is 1.82. The second-order valence-electron chi connectivity index (χ2n) is 2.44. The number of aliphatic hydroxyl groups is 2. The van der Waals surface area contributed by atoms with Crippen molar-refractivity contribution >= 4 is 59.1 Å². The first kappa shape index (κ1) is 12.1. The summed E-state index contributed by atoms with van der Waals surface area (Å²) in [5.41, 5.74) is 0. The van der Waals surface area contributed by atoms with Crippen molar-refractivity contribution in [3.63, 3.8) is 0 Å². The molecule has 1 heterocycles. The van der Waals surface area contributed by atoms with Crippen LogP contribution in [0.1, 0.15) is 11.0 Å². The number of halogens is 3. The molecule has 2 atom stereocenters. The molecule has 0 saturated heterocycles. The zero-order valence-electron chi connectivity index (χ0n) is 6.38. The van der Waals surface area contributed by atoms with Crippen molar-refractivity contribution in [2.45, 2.75) is 12.2 Å². The van der Waals surface area contributed by atoms with Crippen molar-refractivity contribution in [1.29, 1.82) is 0 Å². The van der Waals surface area contributed by atoms with Gasteiger partial charge in [-0.15, -0.1) is 11.3 Å². The third-order valence-electron chi connectivity index (χ3n) is 1.48. The maximum atomic E-state index is 9.62. The van der Waals surface area contributed by atoms with E-state index in [1.807, 2.05) is 0 Å². The molecule has 1 aromatic rings. The molecule has 1 rings (SSSR count). The second kappa shape index (κ2) is 5.23. The van der Waals surface area contributed by atoms with Gasteiger partial charge in [0.05, 0.1) is 9.89 Å². The molecule has 2 nitrogen and oxygen atoms in total. The molecule has 13 heavy (non-hydrogen) atoms. The van der Waals surface area contributed by atoms with E-state index in [0.29, 0.717) is 5.33 Å². The van der Waals surface area contributed by atoms with Gasteiger partial charge in [-0.05, 0) is 37.9 Å². The number of aliphatic hydroxyl groups excluding tert-OH is 2. The molecule has 0 aliphatic rings. The van der Waals surface area contributed by atoms with Crippen LogP contribution in [-0.4, -0.2) is 21.6 Å². The van der Waals surface area contributed by atoms with Gasteiger partial charge in [-0.3, -0.25) is 0 Å². The molecule has 0 bridgehead atoms. The molecule has 0 radical (unpaired) electrons. The minimum atomic E-state index is -0.827. The van der Waals surface area contributed by atoms with Gasteiger partial charge in [0.2, 0.25) is 0 Å². The van der Waals surface area contributed by atoms with Crippen molar-refractivity contribution in [2.24, 2.45) is 0 Å². The van der Waals surface area contributed by atoms with Crippen molar-refractivity contribution in [3.05, 3.63) is 19.2 Å². The number of thiophene rings is 1. The molecule has 1 aromatic heterocycles. The molecule has 0 spiro atoms. The van der Waals surface area contributed by atoms with Crippen molar-refractivity contribution in [3.8, 4) is 0 Å². The predicted octanol–water partition coefficient (Wildman–Crippen LogP) is 3.06. The predicted molar refractivity (Wildman–Crippen MR) is 64.5 cm³/mol. The minimum absolute atomic E-state index is 0.362. The molecule has 74 valence electrons. The molecule has 0 aliphatic heterocycles. The van der Waals surface area contributed by atoms with Crippen LogP contribution in [-0.2, 0) is 0 Å². The number of rotatable bonds is 3. The van der Waals surface area contributed by atoms with Crippen LogP contribution in [0, 0.1) is 0 Å². The van der Waals surface area contributed by atoms with Crippen LogP contribution < -0.4 is 0 Å². The molecule has 0 saturated carbocycles. The lowest BCUT2D eigenvalue weighted by atomic mass is 10.2. The number of hydrogen-bond acceptors (Lipinski definition) is 3. The largest absolute Gasteiger partial charge is 0.389 e. The van der Waals surface area contributed by atoms with Crippen LogP contribution in [0.2, 0.25) is 0 Å². The van der Waals surface area contributed by atoms with Crippen molar-refractivity contribution in [2.75, 3.05) is 5.33 Å². The second-order valence-corrected chi connectivity index (χ2v) is 6.34. The Morgan fingerprint density at radius 2 is 2.00 bits per heavy atom. The van der Waals surface area contributed by atoms with Crippen LogP contribution in [0.15, 0.2) is 14.3 Å². The highest BCUT2D eigenvalue weighted by atomic mass is 79.9. The molecule has 2 unspecified atom stereocenters. The lowest BCUT2D eigenvalue weighted by Gasteiger charge is -2.12. The Balaban J connectivity index is 2.82. The first-order chi connectivity index (χ1) is 6.06. The Kier molecular flexibility index (Phi) is 4.88. The summed E-state index contributed by atoms with van der Waals surface area (Å²) in [4.78, 5) is 0.741. The van der Waals surface area contributed by atoms with E-state index in [0.717, 1.165) is 13.1 Å². The molecular formula is C7H7Br3O2S. The zero-order valence-corrected chi connectivity index (χ0v) is 12.0. The fourth-order valence-electron chi connectivity index (χ4n) is 0.783. The van der Waals surface area contributed by atoms with Gasteiger partial charge in [-0.1, -0.05) is 15.9 Å². The molecule has 0 fully saturated rings. The summed E-state index contributed by atoms with van der Waals surface area (Å²) >= 11 is 11.2.